The normalized spacial score (nSPS) is 22.4. The average Bonchev–Trinajstić information content (AvgIpc) is 3.11. The lowest BCUT2D eigenvalue weighted by Gasteiger charge is -2.29. The molecule has 0 N–H and O–H groups in total. The lowest BCUT2D eigenvalue weighted by Crippen LogP contribution is -2.17. The van der Waals surface area contributed by atoms with Crippen LogP contribution in [0.25, 0.3) is 0 Å². The van der Waals surface area contributed by atoms with Gasteiger partial charge in [0.2, 0.25) is 0 Å². The van der Waals surface area contributed by atoms with Crippen molar-refractivity contribution in [3.05, 3.63) is 11.6 Å². The summed E-state index contributed by atoms with van der Waals surface area (Å²) < 4.78 is 0. The Morgan fingerprint density at radius 1 is 1.09 bits per heavy atom. The van der Waals surface area contributed by atoms with E-state index < -0.39 is 0 Å². The molecule has 0 aromatic carbocycles. The van der Waals surface area contributed by atoms with Gasteiger partial charge >= 0.3 is 0 Å². The molecule has 23 heavy (non-hydrogen) atoms. The predicted molar refractivity (Wildman–Crippen MR) is 107 cm³/mol. The highest BCUT2D eigenvalue weighted by atomic mass is 31.1. The molecule has 2 rings (SSSR count). The van der Waals surface area contributed by atoms with Crippen molar-refractivity contribution in [1.29, 1.82) is 0 Å². The Balaban J connectivity index is 1.81. The summed E-state index contributed by atoms with van der Waals surface area (Å²) in [5, 5.41) is 0. The topological polar surface area (TPSA) is 0 Å². The average molecular weight is 333 g/mol. The second-order valence-electron chi connectivity index (χ2n) is 7.62. The molecule has 0 heterocycles. The third-order valence-corrected chi connectivity index (χ3v) is 7.71. The summed E-state index contributed by atoms with van der Waals surface area (Å²) in [6, 6.07) is 0. The standard InChI is InChI=1S/C22H37P/c1-3-4-6-12-21(19(2)20-13-7-5-8-14-20)15-11-18-23-22-16-9-10-17-22/h12,19-20,22-23H,3,5,7-11,13-18H2,1-2H3/b21-12+. The van der Waals surface area contributed by atoms with Crippen LogP contribution in [-0.2, 0) is 0 Å². The summed E-state index contributed by atoms with van der Waals surface area (Å²) in [5.74, 6) is 8.26. The van der Waals surface area contributed by atoms with Crippen LogP contribution in [0.1, 0.15) is 90.9 Å². The van der Waals surface area contributed by atoms with Gasteiger partial charge < -0.3 is 0 Å². The SMILES string of the molecule is CCC#C/C=C(\CCCPC1CCCC1)C(C)C1CCCCC1. The molecule has 2 atom stereocenters. The van der Waals surface area contributed by atoms with Crippen molar-refractivity contribution >= 4 is 8.58 Å². The van der Waals surface area contributed by atoms with E-state index in [2.05, 4.69) is 31.8 Å². The highest BCUT2D eigenvalue weighted by Crippen LogP contribution is 2.37. The van der Waals surface area contributed by atoms with Crippen LogP contribution >= 0.6 is 8.58 Å². The van der Waals surface area contributed by atoms with E-state index in [1.807, 2.05) is 0 Å². The number of allylic oxidation sites excluding steroid dienone is 2. The van der Waals surface area contributed by atoms with Gasteiger partial charge in [-0.25, -0.2) is 0 Å². The molecule has 0 spiro atoms. The van der Waals surface area contributed by atoms with E-state index in [4.69, 9.17) is 0 Å². The summed E-state index contributed by atoms with van der Waals surface area (Å²) in [7, 11) is 1.22. The number of hydrogen-bond acceptors (Lipinski definition) is 0. The molecule has 2 saturated carbocycles. The Morgan fingerprint density at radius 3 is 2.48 bits per heavy atom. The lowest BCUT2D eigenvalue weighted by molar-refractivity contribution is 0.287. The van der Waals surface area contributed by atoms with Gasteiger partial charge in [0.25, 0.3) is 0 Å². The fourth-order valence-electron chi connectivity index (χ4n) is 4.34. The first-order valence-corrected chi connectivity index (χ1v) is 11.5. The largest absolute Gasteiger partial charge is 0.119 e. The minimum absolute atomic E-state index is 0.760. The smallest absolute Gasteiger partial charge is 0.00637 e. The molecule has 2 aliphatic rings. The van der Waals surface area contributed by atoms with Crippen molar-refractivity contribution in [3.8, 4) is 11.8 Å². The van der Waals surface area contributed by atoms with E-state index in [-0.39, 0.29) is 0 Å². The molecule has 2 unspecified atom stereocenters. The fraction of sp³-hybridized carbons (Fsp3) is 0.818. The van der Waals surface area contributed by atoms with Crippen LogP contribution in [0.5, 0.6) is 0 Å². The van der Waals surface area contributed by atoms with Gasteiger partial charge in [-0.15, -0.1) is 8.58 Å². The van der Waals surface area contributed by atoms with Crippen LogP contribution in [0.2, 0.25) is 0 Å². The van der Waals surface area contributed by atoms with E-state index in [0.717, 1.165) is 23.9 Å². The monoisotopic (exact) mass is 332 g/mol. The predicted octanol–water partition coefficient (Wildman–Crippen LogP) is 6.94. The minimum Gasteiger partial charge on any atom is -0.119 e. The van der Waals surface area contributed by atoms with Crippen molar-refractivity contribution < 1.29 is 0 Å². The van der Waals surface area contributed by atoms with Crippen LogP contribution in [0, 0.1) is 23.7 Å². The van der Waals surface area contributed by atoms with Gasteiger partial charge in [-0.1, -0.05) is 63.4 Å². The number of hydrogen-bond donors (Lipinski definition) is 0. The van der Waals surface area contributed by atoms with E-state index in [1.54, 1.807) is 5.57 Å². The van der Waals surface area contributed by atoms with Crippen molar-refractivity contribution in [1.82, 2.24) is 0 Å². The summed E-state index contributed by atoms with van der Waals surface area (Å²) in [4.78, 5) is 0. The highest BCUT2D eigenvalue weighted by Gasteiger charge is 2.22. The quantitative estimate of drug-likeness (QED) is 0.269. The summed E-state index contributed by atoms with van der Waals surface area (Å²) in [5.41, 5.74) is 2.74. The summed E-state index contributed by atoms with van der Waals surface area (Å²) >= 11 is 0. The summed E-state index contributed by atoms with van der Waals surface area (Å²) in [6.45, 7) is 4.63. The molecule has 0 bridgehead atoms. The fourth-order valence-corrected chi connectivity index (χ4v) is 5.95. The van der Waals surface area contributed by atoms with Crippen LogP contribution in [-0.4, -0.2) is 11.8 Å². The Kier molecular flexibility index (Phi) is 9.38. The first kappa shape index (κ1) is 19.1. The first-order chi connectivity index (χ1) is 11.3. The van der Waals surface area contributed by atoms with Crippen molar-refractivity contribution in [2.45, 2.75) is 96.6 Å². The van der Waals surface area contributed by atoms with Gasteiger partial charge in [-0.2, -0.15) is 0 Å². The maximum absolute atomic E-state index is 3.33. The molecular weight excluding hydrogens is 295 g/mol. The molecule has 0 nitrogen and oxygen atoms in total. The van der Waals surface area contributed by atoms with Crippen molar-refractivity contribution in [3.63, 3.8) is 0 Å². The van der Waals surface area contributed by atoms with Crippen molar-refractivity contribution in [2.75, 3.05) is 6.16 Å². The molecule has 2 aliphatic carbocycles. The molecular formula is C22H37P. The Labute approximate surface area is 147 Å². The Hall–Kier alpha value is -0.270. The summed E-state index contributed by atoms with van der Waals surface area (Å²) in [6.07, 6.45) is 20.7. The maximum Gasteiger partial charge on any atom is 0.00637 e. The van der Waals surface area contributed by atoms with E-state index >= 15 is 0 Å². The van der Waals surface area contributed by atoms with E-state index in [0.29, 0.717) is 0 Å². The van der Waals surface area contributed by atoms with Gasteiger partial charge in [0.1, 0.15) is 0 Å². The lowest BCUT2D eigenvalue weighted by atomic mass is 9.76. The molecule has 0 saturated heterocycles. The third-order valence-electron chi connectivity index (χ3n) is 5.91. The third kappa shape index (κ3) is 7.01. The molecule has 0 aromatic heterocycles. The zero-order valence-electron chi connectivity index (χ0n) is 15.5. The molecule has 130 valence electrons. The number of rotatable bonds is 7. The van der Waals surface area contributed by atoms with Crippen molar-refractivity contribution in [2.24, 2.45) is 11.8 Å². The molecule has 1 heteroatoms. The Morgan fingerprint density at radius 2 is 1.78 bits per heavy atom. The van der Waals surface area contributed by atoms with Crippen LogP contribution in [0.15, 0.2) is 11.6 Å². The van der Waals surface area contributed by atoms with Gasteiger partial charge in [0.05, 0.1) is 0 Å². The molecule has 0 radical (unpaired) electrons. The molecule has 2 fully saturated rings. The second kappa shape index (κ2) is 11.3. The van der Waals surface area contributed by atoms with Crippen LogP contribution in [0.4, 0.5) is 0 Å². The Bertz CT molecular complexity index is 399. The van der Waals surface area contributed by atoms with Gasteiger partial charge in [0.15, 0.2) is 0 Å². The van der Waals surface area contributed by atoms with E-state index in [1.165, 1.54) is 85.4 Å². The zero-order valence-corrected chi connectivity index (χ0v) is 16.5. The molecule has 0 aromatic rings. The van der Waals surface area contributed by atoms with Gasteiger partial charge in [-0.3, -0.25) is 0 Å². The van der Waals surface area contributed by atoms with Gasteiger partial charge in [0, 0.05) is 6.42 Å². The zero-order chi connectivity index (χ0) is 16.3. The second-order valence-corrected chi connectivity index (χ2v) is 9.34. The van der Waals surface area contributed by atoms with Gasteiger partial charge in [-0.05, 0) is 68.3 Å². The van der Waals surface area contributed by atoms with E-state index in [9.17, 15) is 0 Å². The highest BCUT2D eigenvalue weighted by molar-refractivity contribution is 7.38. The first-order valence-electron chi connectivity index (χ1n) is 10.2. The molecule has 0 aliphatic heterocycles. The minimum atomic E-state index is 0.760. The van der Waals surface area contributed by atoms with Crippen LogP contribution < -0.4 is 0 Å². The maximum atomic E-state index is 3.33. The molecule has 0 amide bonds. The van der Waals surface area contributed by atoms with Crippen LogP contribution in [0.3, 0.4) is 0 Å².